The lowest BCUT2D eigenvalue weighted by Gasteiger charge is -2.06. The smallest absolute Gasteiger partial charge is 0.437 e. The number of benzene rings is 4. The summed E-state index contributed by atoms with van der Waals surface area (Å²) >= 11 is 0. The van der Waals surface area contributed by atoms with E-state index in [9.17, 15) is 28.8 Å². The first-order valence-corrected chi connectivity index (χ1v) is 13.4. The number of ketones is 2. The molecule has 0 spiro atoms. The Bertz CT molecular complexity index is 1560. The fraction of sp³-hybridized carbons (Fsp3) is 0.118. The van der Waals surface area contributed by atoms with Crippen molar-refractivity contribution in [3.63, 3.8) is 0 Å². The topological polar surface area (TPSA) is 158 Å². The Morgan fingerprint density at radius 1 is 0.370 bits per heavy atom. The highest BCUT2D eigenvalue weighted by Crippen LogP contribution is 2.19. The van der Waals surface area contributed by atoms with E-state index in [-0.39, 0.29) is 34.2 Å². The molecule has 12 heteroatoms. The number of rotatable bonds is 8. The highest BCUT2D eigenvalue weighted by molar-refractivity contribution is 5.95. The van der Waals surface area contributed by atoms with Crippen LogP contribution >= 0.6 is 0 Å². The summed E-state index contributed by atoms with van der Waals surface area (Å²) in [7, 11) is 2.40. The summed E-state index contributed by atoms with van der Waals surface area (Å²) in [6.07, 6.45) is -1.68. The molecule has 0 atom stereocenters. The van der Waals surface area contributed by atoms with Gasteiger partial charge in [0.25, 0.3) is 0 Å². The predicted molar refractivity (Wildman–Crippen MR) is 162 cm³/mol. The van der Waals surface area contributed by atoms with Gasteiger partial charge in [-0.3, -0.25) is 9.59 Å². The fourth-order valence-electron chi connectivity index (χ4n) is 3.44. The molecular formula is C34H28O12. The van der Waals surface area contributed by atoms with Crippen molar-refractivity contribution in [2.24, 2.45) is 0 Å². The third-order valence-electron chi connectivity index (χ3n) is 5.86. The number of methoxy groups -OCH3 is 2. The van der Waals surface area contributed by atoms with Gasteiger partial charge in [0.15, 0.2) is 11.6 Å². The first-order chi connectivity index (χ1) is 22.0. The molecule has 0 unspecified atom stereocenters. The van der Waals surface area contributed by atoms with Gasteiger partial charge in [-0.2, -0.15) is 0 Å². The van der Waals surface area contributed by atoms with E-state index in [2.05, 4.69) is 9.47 Å². The largest absolute Gasteiger partial charge is 0.513 e. The lowest BCUT2D eigenvalue weighted by atomic mass is 10.1. The van der Waals surface area contributed by atoms with Gasteiger partial charge in [0.05, 0.1) is 25.3 Å². The minimum absolute atomic E-state index is 0.0657. The van der Waals surface area contributed by atoms with Gasteiger partial charge in [0.1, 0.15) is 23.0 Å². The third kappa shape index (κ3) is 10.5. The number of hydrogen-bond donors (Lipinski definition) is 0. The molecule has 0 heterocycles. The van der Waals surface area contributed by atoms with Crippen molar-refractivity contribution in [3.05, 3.63) is 119 Å². The lowest BCUT2D eigenvalue weighted by Crippen LogP contribution is -2.10. The molecule has 0 aliphatic carbocycles. The molecule has 46 heavy (non-hydrogen) atoms. The van der Waals surface area contributed by atoms with E-state index in [1.165, 1.54) is 76.6 Å². The average Bonchev–Trinajstić information content (AvgIpc) is 3.06. The zero-order chi connectivity index (χ0) is 33.6. The van der Waals surface area contributed by atoms with Gasteiger partial charge in [0.2, 0.25) is 0 Å². The lowest BCUT2D eigenvalue weighted by molar-refractivity contribution is 0.0725. The second kappa shape index (κ2) is 16.5. The van der Waals surface area contributed by atoms with Crippen molar-refractivity contribution in [1.29, 1.82) is 0 Å². The Balaban J connectivity index is 0.000000250. The van der Waals surface area contributed by atoms with Crippen LogP contribution in [0.4, 0.5) is 9.59 Å². The first-order valence-electron chi connectivity index (χ1n) is 13.4. The van der Waals surface area contributed by atoms with Crippen LogP contribution in [0.3, 0.4) is 0 Å². The minimum Gasteiger partial charge on any atom is -0.437 e. The Morgan fingerprint density at radius 3 is 0.848 bits per heavy atom. The Labute approximate surface area is 263 Å². The standard InChI is InChI=1S/2C17H14O6/c2*1-11(18)12-3-7-14(8-4-12)22-16(19)13-5-9-15(10-6-13)23-17(20)21-2/h2*3-10H,1-2H3. The van der Waals surface area contributed by atoms with Crippen LogP contribution in [0.1, 0.15) is 55.3 Å². The van der Waals surface area contributed by atoms with Crippen LogP contribution in [0.15, 0.2) is 97.1 Å². The highest BCUT2D eigenvalue weighted by Gasteiger charge is 2.12. The van der Waals surface area contributed by atoms with E-state index in [4.69, 9.17) is 18.9 Å². The molecule has 0 aliphatic heterocycles. The molecule has 4 rings (SSSR count). The van der Waals surface area contributed by atoms with Gasteiger partial charge in [-0.05, 0) is 111 Å². The van der Waals surface area contributed by atoms with Gasteiger partial charge in [-0.25, -0.2) is 19.2 Å². The molecule has 236 valence electrons. The SMILES string of the molecule is COC(=O)Oc1ccc(C(=O)Oc2ccc(C(C)=O)cc2)cc1.COC(=O)Oc1ccc(C(=O)Oc2ccc(C(C)=O)cc2)cc1. The highest BCUT2D eigenvalue weighted by atomic mass is 16.7. The maximum atomic E-state index is 12.0. The molecule has 0 amide bonds. The first kappa shape index (κ1) is 34.2. The molecular weight excluding hydrogens is 600 g/mol. The van der Waals surface area contributed by atoms with E-state index in [1.807, 2.05) is 0 Å². The molecule has 0 N–H and O–H groups in total. The maximum absolute atomic E-state index is 12.0. The summed E-state index contributed by atoms with van der Waals surface area (Å²) < 4.78 is 28.7. The second-order valence-corrected chi connectivity index (χ2v) is 9.10. The van der Waals surface area contributed by atoms with Crippen LogP contribution in [-0.4, -0.2) is 50.0 Å². The van der Waals surface area contributed by atoms with E-state index in [0.717, 1.165) is 0 Å². The van der Waals surface area contributed by atoms with E-state index >= 15 is 0 Å². The molecule has 4 aromatic rings. The van der Waals surface area contributed by atoms with Gasteiger partial charge in [-0.1, -0.05) is 0 Å². The summed E-state index contributed by atoms with van der Waals surface area (Å²) in [6.45, 7) is 2.91. The van der Waals surface area contributed by atoms with Crippen molar-refractivity contribution >= 4 is 35.8 Å². The summed E-state index contributed by atoms with van der Waals surface area (Å²) in [4.78, 5) is 68.3. The number of carbonyl (C=O) groups excluding carboxylic acids is 6. The summed E-state index contributed by atoms with van der Waals surface area (Å²) in [5, 5.41) is 0. The molecule has 0 saturated carbocycles. The monoisotopic (exact) mass is 628 g/mol. The summed E-state index contributed by atoms with van der Waals surface area (Å²) in [6, 6.07) is 24.2. The maximum Gasteiger partial charge on any atom is 0.513 e. The Morgan fingerprint density at radius 2 is 0.609 bits per heavy atom. The van der Waals surface area contributed by atoms with Crippen LogP contribution in [0.25, 0.3) is 0 Å². The molecule has 4 aromatic carbocycles. The normalized spacial score (nSPS) is 9.83. The molecule has 0 radical (unpaired) electrons. The predicted octanol–water partition coefficient (Wildman–Crippen LogP) is 6.51. The summed E-state index contributed by atoms with van der Waals surface area (Å²) in [5.74, 6) is -0.105. The molecule has 0 saturated heterocycles. The van der Waals surface area contributed by atoms with Crippen molar-refractivity contribution in [2.45, 2.75) is 13.8 Å². The van der Waals surface area contributed by atoms with Gasteiger partial charge in [-0.15, -0.1) is 0 Å². The van der Waals surface area contributed by atoms with Gasteiger partial charge >= 0.3 is 24.2 Å². The zero-order valence-corrected chi connectivity index (χ0v) is 25.1. The van der Waals surface area contributed by atoms with Crippen molar-refractivity contribution in [2.75, 3.05) is 14.2 Å². The van der Waals surface area contributed by atoms with Crippen LogP contribution in [0, 0.1) is 0 Å². The summed E-state index contributed by atoms with van der Waals surface area (Å²) in [5.41, 5.74) is 1.65. The third-order valence-corrected chi connectivity index (χ3v) is 5.86. The van der Waals surface area contributed by atoms with Crippen LogP contribution in [-0.2, 0) is 9.47 Å². The van der Waals surface area contributed by atoms with E-state index in [0.29, 0.717) is 22.6 Å². The number of carbonyl (C=O) groups is 6. The molecule has 0 aliphatic rings. The second-order valence-electron chi connectivity index (χ2n) is 9.10. The number of esters is 2. The number of hydrogen-bond acceptors (Lipinski definition) is 12. The van der Waals surface area contributed by atoms with Gasteiger partial charge in [0, 0.05) is 11.1 Å². The van der Waals surface area contributed by atoms with Crippen molar-refractivity contribution < 1.29 is 57.2 Å². The molecule has 0 aromatic heterocycles. The zero-order valence-electron chi connectivity index (χ0n) is 25.1. The minimum atomic E-state index is -0.842. The van der Waals surface area contributed by atoms with Crippen LogP contribution in [0.2, 0.25) is 0 Å². The fourth-order valence-corrected chi connectivity index (χ4v) is 3.44. The van der Waals surface area contributed by atoms with Crippen LogP contribution < -0.4 is 18.9 Å². The Hall–Kier alpha value is -6.30. The quantitative estimate of drug-likeness (QED) is 0.0903. The molecule has 12 nitrogen and oxygen atoms in total. The molecule has 0 fully saturated rings. The Kier molecular flexibility index (Phi) is 12.3. The van der Waals surface area contributed by atoms with E-state index in [1.54, 1.807) is 48.5 Å². The average molecular weight is 629 g/mol. The van der Waals surface area contributed by atoms with Crippen molar-refractivity contribution in [3.8, 4) is 23.0 Å². The van der Waals surface area contributed by atoms with Crippen molar-refractivity contribution in [1.82, 2.24) is 0 Å². The number of ether oxygens (including phenoxy) is 6. The number of Topliss-reactive ketones (excluding diaryl/α,β-unsaturated/α-hetero) is 2. The van der Waals surface area contributed by atoms with E-state index < -0.39 is 24.2 Å². The van der Waals surface area contributed by atoms with Crippen LogP contribution in [0.5, 0.6) is 23.0 Å². The molecule has 0 bridgehead atoms. The van der Waals surface area contributed by atoms with Gasteiger partial charge < -0.3 is 28.4 Å².